The van der Waals surface area contributed by atoms with Crippen molar-refractivity contribution in [2.75, 3.05) is 23.3 Å². The molecule has 0 aromatic heterocycles. The van der Waals surface area contributed by atoms with Crippen molar-refractivity contribution in [3.8, 4) is 0 Å². The molecule has 0 saturated carbocycles. The highest BCUT2D eigenvalue weighted by Crippen LogP contribution is 2.35. The maximum atomic E-state index is 3.57. The van der Waals surface area contributed by atoms with E-state index in [1.54, 1.807) is 0 Å². The standard InChI is InChI=1S/C16H24N2/c1-6-18(7-2)13-8-9-15-14(10-13)12(3)11-16(4,5)17-15/h8-11,17H,6-7H2,1-5H3. The highest BCUT2D eigenvalue weighted by Gasteiger charge is 2.22. The van der Waals surface area contributed by atoms with Gasteiger partial charge < -0.3 is 10.2 Å². The Morgan fingerprint density at radius 3 is 2.44 bits per heavy atom. The van der Waals surface area contributed by atoms with Crippen LogP contribution in [0, 0.1) is 0 Å². The van der Waals surface area contributed by atoms with Crippen molar-refractivity contribution in [3.05, 3.63) is 29.8 Å². The van der Waals surface area contributed by atoms with Crippen molar-refractivity contribution in [2.24, 2.45) is 0 Å². The molecule has 1 aromatic rings. The number of hydrogen-bond donors (Lipinski definition) is 1. The highest BCUT2D eigenvalue weighted by molar-refractivity contribution is 5.82. The largest absolute Gasteiger partial charge is 0.376 e. The molecule has 0 radical (unpaired) electrons. The minimum absolute atomic E-state index is 0.0494. The third-order valence-electron chi connectivity index (χ3n) is 3.59. The van der Waals surface area contributed by atoms with Crippen LogP contribution in [0.5, 0.6) is 0 Å². The van der Waals surface area contributed by atoms with Gasteiger partial charge in [-0.25, -0.2) is 0 Å². The van der Waals surface area contributed by atoms with Gasteiger partial charge in [-0.15, -0.1) is 0 Å². The van der Waals surface area contributed by atoms with Gasteiger partial charge >= 0.3 is 0 Å². The monoisotopic (exact) mass is 244 g/mol. The van der Waals surface area contributed by atoms with Gasteiger partial charge in [-0.3, -0.25) is 0 Å². The van der Waals surface area contributed by atoms with Crippen molar-refractivity contribution in [2.45, 2.75) is 40.2 Å². The second-order valence-corrected chi connectivity index (χ2v) is 5.58. The number of hydrogen-bond acceptors (Lipinski definition) is 2. The smallest absolute Gasteiger partial charge is 0.0505 e. The lowest BCUT2D eigenvalue weighted by Gasteiger charge is -2.32. The average molecular weight is 244 g/mol. The third-order valence-corrected chi connectivity index (χ3v) is 3.59. The van der Waals surface area contributed by atoms with E-state index in [2.05, 4.69) is 69.1 Å². The minimum atomic E-state index is 0.0494. The Kier molecular flexibility index (Phi) is 3.38. The second kappa shape index (κ2) is 4.68. The summed E-state index contributed by atoms with van der Waals surface area (Å²) in [7, 11) is 0. The molecule has 0 unspecified atom stereocenters. The van der Waals surface area contributed by atoms with Gasteiger partial charge in [0.05, 0.1) is 5.54 Å². The molecule has 0 saturated heterocycles. The summed E-state index contributed by atoms with van der Waals surface area (Å²) >= 11 is 0. The van der Waals surface area contributed by atoms with Gasteiger partial charge in [0.1, 0.15) is 0 Å². The van der Waals surface area contributed by atoms with E-state index in [1.165, 1.54) is 22.5 Å². The maximum Gasteiger partial charge on any atom is 0.0505 e. The van der Waals surface area contributed by atoms with E-state index in [9.17, 15) is 0 Å². The summed E-state index contributed by atoms with van der Waals surface area (Å²) < 4.78 is 0. The summed E-state index contributed by atoms with van der Waals surface area (Å²) in [6, 6.07) is 6.73. The summed E-state index contributed by atoms with van der Waals surface area (Å²) in [4.78, 5) is 2.38. The zero-order valence-electron chi connectivity index (χ0n) is 12.2. The van der Waals surface area contributed by atoms with Crippen LogP contribution in [-0.2, 0) is 0 Å². The molecular formula is C16H24N2. The molecule has 1 aliphatic rings. The van der Waals surface area contributed by atoms with Gasteiger partial charge in [-0.2, -0.15) is 0 Å². The van der Waals surface area contributed by atoms with Crippen LogP contribution < -0.4 is 10.2 Å². The molecule has 2 heteroatoms. The molecule has 0 aliphatic carbocycles. The van der Waals surface area contributed by atoms with Crippen molar-refractivity contribution in [3.63, 3.8) is 0 Å². The van der Waals surface area contributed by atoms with Crippen LogP contribution in [0.25, 0.3) is 5.57 Å². The molecule has 1 aliphatic heterocycles. The lowest BCUT2D eigenvalue weighted by atomic mass is 9.91. The fourth-order valence-electron chi connectivity index (χ4n) is 2.76. The fraction of sp³-hybridized carbons (Fsp3) is 0.500. The number of allylic oxidation sites excluding steroid dienone is 1. The molecule has 0 bridgehead atoms. The van der Waals surface area contributed by atoms with Gasteiger partial charge in [-0.05, 0) is 58.4 Å². The second-order valence-electron chi connectivity index (χ2n) is 5.58. The van der Waals surface area contributed by atoms with Gasteiger partial charge in [0.25, 0.3) is 0 Å². The highest BCUT2D eigenvalue weighted by atomic mass is 15.1. The van der Waals surface area contributed by atoms with Crippen LogP contribution in [0.2, 0.25) is 0 Å². The molecule has 0 amide bonds. The van der Waals surface area contributed by atoms with Crippen LogP contribution in [0.15, 0.2) is 24.3 Å². The van der Waals surface area contributed by atoms with Crippen molar-refractivity contribution in [1.29, 1.82) is 0 Å². The van der Waals surface area contributed by atoms with E-state index in [1.807, 2.05) is 0 Å². The Hall–Kier alpha value is -1.44. The van der Waals surface area contributed by atoms with E-state index in [0.717, 1.165) is 13.1 Å². The number of rotatable bonds is 3. The Morgan fingerprint density at radius 2 is 1.83 bits per heavy atom. The van der Waals surface area contributed by atoms with E-state index in [-0.39, 0.29) is 5.54 Å². The number of fused-ring (bicyclic) bond motifs is 1. The summed E-state index contributed by atoms with van der Waals surface area (Å²) in [6.45, 7) is 13.1. The van der Waals surface area contributed by atoms with Crippen molar-refractivity contribution in [1.82, 2.24) is 0 Å². The van der Waals surface area contributed by atoms with Gasteiger partial charge in [0.15, 0.2) is 0 Å². The van der Waals surface area contributed by atoms with Crippen LogP contribution in [0.4, 0.5) is 11.4 Å². The molecule has 1 aromatic carbocycles. The normalized spacial score (nSPS) is 16.6. The first kappa shape index (κ1) is 13.0. The summed E-state index contributed by atoms with van der Waals surface area (Å²) in [5, 5.41) is 3.57. The molecule has 18 heavy (non-hydrogen) atoms. The van der Waals surface area contributed by atoms with Crippen LogP contribution in [0.1, 0.15) is 40.2 Å². The van der Waals surface area contributed by atoms with Crippen LogP contribution in [-0.4, -0.2) is 18.6 Å². The Bertz CT molecular complexity index is 468. The molecule has 2 rings (SSSR count). The molecule has 1 heterocycles. The molecule has 98 valence electrons. The Morgan fingerprint density at radius 1 is 1.17 bits per heavy atom. The predicted molar refractivity (Wildman–Crippen MR) is 81.4 cm³/mol. The topological polar surface area (TPSA) is 15.3 Å². The SMILES string of the molecule is CCN(CC)c1ccc2c(c1)C(C)=CC(C)(C)N2. The number of anilines is 2. The zero-order chi connectivity index (χ0) is 13.3. The molecule has 0 spiro atoms. The lowest BCUT2D eigenvalue weighted by molar-refractivity contribution is 0.707. The van der Waals surface area contributed by atoms with Crippen LogP contribution >= 0.6 is 0 Å². The third kappa shape index (κ3) is 2.38. The van der Waals surface area contributed by atoms with E-state index in [4.69, 9.17) is 0 Å². The van der Waals surface area contributed by atoms with E-state index >= 15 is 0 Å². The van der Waals surface area contributed by atoms with E-state index in [0.29, 0.717) is 0 Å². The van der Waals surface area contributed by atoms with Gasteiger partial charge in [0.2, 0.25) is 0 Å². The Labute approximate surface area is 111 Å². The summed E-state index contributed by atoms with van der Waals surface area (Å²) in [5.41, 5.74) is 5.30. The zero-order valence-corrected chi connectivity index (χ0v) is 12.2. The molecule has 0 atom stereocenters. The van der Waals surface area contributed by atoms with Gasteiger partial charge in [-0.1, -0.05) is 6.08 Å². The molecular weight excluding hydrogens is 220 g/mol. The first-order valence-electron chi connectivity index (χ1n) is 6.84. The maximum absolute atomic E-state index is 3.57. The first-order chi connectivity index (χ1) is 8.46. The van der Waals surface area contributed by atoms with Crippen LogP contribution in [0.3, 0.4) is 0 Å². The van der Waals surface area contributed by atoms with Gasteiger partial charge in [0, 0.05) is 30.0 Å². The Balaban J connectivity index is 2.42. The number of benzene rings is 1. The fourth-order valence-corrected chi connectivity index (χ4v) is 2.76. The average Bonchev–Trinajstić information content (AvgIpc) is 2.30. The lowest BCUT2D eigenvalue weighted by Crippen LogP contribution is -2.31. The minimum Gasteiger partial charge on any atom is -0.376 e. The molecule has 1 N–H and O–H groups in total. The van der Waals surface area contributed by atoms with Crippen molar-refractivity contribution < 1.29 is 0 Å². The molecule has 0 fully saturated rings. The predicted octanol–water partition coefficient (Wildman–Crippen LogP) is 4.14. The summed E-state index contributed by atoms with van der Waals surface area (Å²) in [6.07, 6.45) is 2.31. The van der Waals surface area contributed by atoms with Crippen molar-refractivity contribution >= 4 is 16.9 Å². The molecule has 2 nitrogen and oxygen atoms in total. The van der Waals surface area contributed by atoms with E-state index < -0.39 is 0 Å². The summed E-state index contributed by atoms with van der Waals surface area (Å²) in [5.74, 6) is 0. The number of nitrogens with one attached hydrogen (secondary N) is 1. The first-order valence-corrected chi connectivity index (χ1v) is 6.84. The quantitative estimate of drug-likeness (QED) is 0.859. The number of nitrogens with zero attached hydrogens (tertiary/aromatic N) is 1.